The molecule has 0 radical (unpaired) electrons. The highest BCUT2D eigenvalue weighted by molar-refractivity contribution is 5.65. The summed E-state index contributed by atoms with van der Waals surface area (Å²) in [6.07, 6.45) is 0. The van der Waals surface area contributed by atoms with Gasteiger partial charge in [-0.3, -0.25) is 10.1 Å². The summed E-state index contributed by atoms with van der Waals surface area (Å²) in [5, 5.41) is 10.7. The molecule has 0 aliphatic carbocycles. The number of nitrogens with two attached hydrogens (primary N) is 1. The second-order valence-corrected chi connectivity index (χ2v) is 2.98. The molecule has 6 heteroatoms. The molecule has 0 aliphatic heterocycles. The predicted octanol–water partition coefficient (Wildman–Crippen LogP) is 1.97. The summed E-state index contributed by atoms with van der Waals surface area (Å²) >= 11 is 0. The molecule has 1 rings (SSSR count). The lowest BCUT2D eigenvalue weighted by Gasteiger charge is -2.11. The largest absolute Gasteiger partial charge is 0.490 e. The van der Waals surface area contributed by atoms with E-state index in [1.54, 1.807) is 6.92 Å². The summed E-state index contributed by atoms with van der Waals surface area (Å²) < 4.78 is 10.5. The zero-order valence-corrected chi connectivity index (χ0v) is 9.23. The SMILES string of the molecule is CCOc1cc(N)c([N+](=O)[O-])cc1OCC. The highest BCUT2D eigenvalue weighted by atomic mass is 16.6. The van der Waals surface area contributed by atoms with Gasteiger partial charge in [0.15, 0.2) is 11.5 Å². The standard InChI is InChI=1S/C10H14N2O4/c1-3-15-9-5-7(11)8(12(13)14)6-10(9)16-4-2/h5-6H,3-4,11H2,1-2H3. The van der Waals surface area contributed by atoms with Gasteiger partial charge >= 0.3 is 0 Å². The number of nitrogens with zero attached hydrogens (tertiary/aromatic N) is 1. The summed E-state index contributed by atoms with van der Waals surface area (Å²) in [4.78, 5) is 10.1. The zero-order valence-electron chi connectivity index (χ0n) is 9.23. The third-order valence-corrected chi connectivity index (χ3v) is 1.89. The summed E-state index contributed by atoms with van der Waals surface area (Å²) in [7, 11) is 0. The first-order valence-corrected chi connectivity index (χ1v) is 4.93. The Balaban J connectivity index is 3.19. The Morgan fingerprint density at radius 3 is 2.19 bits per heavy atom. The third kappa shape index (κ3) is 2.53. The van der Waals surface area contributed by atoms with Crippen molar-refractivity contribution < 1.29 is 14.4 Å². The fourth-order valence-corrected chi connectivity index (χ4v) is 1.26. The van der Waals surface area contributed by atoms with E-state index in [1.807, 2.05) is 6.92 Å². The van der Waals surface area contributed by atoms with E-state index in [-0.39, 0.29) is 11.4 Å². The maximum Gasteiger partial charge on any atom is 0.296 e. The van der Waals surface area contributed by atoms with Crippen LogP contribution in [0.15, 0.2) is 12.1 Å². The van der Waals surface area contributed by atoms with Crippen LogP contribution in [0.5, 0.6) is 11.5 Å². The highest BCUT2D eigenvalue weighted by Gasteiger charge is 2.17. The number of nitrogen functional groups attached to an aromatic ring is 1. The van der Waals surface area contributed by atoms with Crippen molar-refractivity contribution in [1.29, 1.82) is 0 Å². The molecule has 0 amide bonds. The topological polar surface area (TPSA) is 87.6 Å². The number of ether oxygens (including phenoxy) is 2. The van der Waals surface area contributed by atoms with Gasteiger partial charge in [-0.05, 0) is 13.8 Å². The van der Waals surface area contributed by atoms with Crippen molar-refractivity contribution in [2.24, 2.45) is 0 Å². The van der Waals surface area contributed by atoms with Gasteiger partial charge in [-0.15, -0.1) is 0 Å². The van der Waals surface area contributed by atoms with Gasteiger partial charge in [-0.2, -0.15) is 0 Å². The minimum absolute atomic E-state index is 0.0666. The van der Waals surface area contributed by atoms with Crippen LogP contribution in [-0.2, 0) is 0 Å². The fraction of sp³-hybridized carbons (Fsp3) is 0.400. The number of hydrogen-bond donors (Lipinski definition) is 1. The molecular formula is C10H14N2O4. The molecule has 1 aromatic rings. The van der Waals surface area contributed by atoms with Crippen LogP contribution in [0.2, 0.25) is 0 Å². The molecular weight excluding hydrogens is 212 g/mol. The van der Waals surface area contributed by atoms with Crippen molar-refractivity contribution in [3.05, 3.63) is 22.2 Å². The maximum atomic E-state index is 10.7. The van der Waals surface area contributed by atoms with Crippen LogP contribution in [0.3, 0.4) is 0 Å². The van der Waals surface area contributed by atoms with Crippen molar-refractivity contribution in [1.82, 2.24) is 0 Å². The molecule has 0 fully saturated rings. The molecule has 88 valence electrons. The van der Waals surface area contributed by atoms with Crippen molar-refractivity contribution in [3.63, 3.8) is 0 Å². The quantitative estimate of drug-likeness (QED) is 0.471. The van der Waals surface area contributed by atoms with E-state index >= 15 is 0 Å². The van der Waals surface area contributed by atoms with Gasteiger partial charge in [0.2, 0.25) is 0 Å². The van der Waals surface area contributed by atoms with Crippen LogP contribution in [0.1, 0.15) is 13.8 Å². The van der Waals surface area contributed by atoms with Gasteiger partial charge in [0.1, 0.15) is 5.69 Å². The Morgan fingerprint density at radius 1 is 1.25 bits per heavy atom. The summed E-state index contributed by atoms with van der Waals surface area (Å²) in [5.41, 5.74) is 5.43. The van der Waals surface area contributed by atoms with E-state index < -0.39 is 4.92 Å². The van der Waals surface area contributed by atoms with Crippen LogP contribution in [0.4, 0.5) is 11.4 Å². The van der Waals surface area contributed by atoms with E-state index in [9.17, 15) is 10.1 Å². The molecule has 0 bridgehead atoms. The minimum Gasteiger partial charge on any atom is -0.490 e. The molecule has 0 saturated carbocycles. The fourth-order valence-electron chi connectivity index (χ4n) is 1.26. The molecule has 0 saturated heterocycles. The molecule has 1 aromatic carbocycles. The van der Waals surface area contributed by atoms with Crippen LogP contribution < -0.4 is 15.2 Å². The molecule has 6 nitrogen and oxygen atoms in total. The summed E-state index contributed by atoms with van der Waals surface area (Å²) in [5.74, 6) is 0.762. The minimum atomic E-state index is -0.548. The van der Waals surface area contributed by atoms with Gasteiger partial charge < -0.3 is 15.2 Å². The van der Waals surface area contributed by atoms with Crippen molar-refractivity contribution in [3.8, 4) is 11.5 Å². The Labute approximate surface area is 93.1 Å². The van der Waals surface area contributed by atoms with E-state index in [2.05, 4.69) is 0 Å². The number of benzene rings is 1. The molecule has 0 heterocycles. The van der Waals surface area contributed by atoms with Gasteiger partial charge in [0, 0.05) is 6.07 Å². The first kappa shape index (κ1) is 12.1. The van der Waals surface area contributed by atoms with E-state index in [1.165, 1.54) is 12.1 Å². The highest BCUT2D eigenvalue weighted by Crippen LogP contribution is 2.36. The number of rotatable bonds is 5. The third-order valence-electron chi connectivity index (χ3n) is 1.89. The van der Waals surface area contributed by atoms with Gasteiger partial charge in [-0.1, -0.05) is 0 Å². The lowest BCUT2D eigenvalue weighted by atomic mass is 10.2. The van der Waals surface area contributed by atoms with Crippen molar-refractivity contribution in [2.45, 2.75) is 13.8 Å². The van der Waals surface area contributed by atoms with Gasteiger partial charge in [0.05, 0.1) is 24.2 Å². The Hall–Kier alpha value is -1.98. The number of anilines is 1. The monoisotopic (exact) mass is 226 g/mol. The predicted molar refractivity (Wildman–Crippen MR) is 59.8 cm³/mol. The average molecular weight is 226 g/mol. The molecule has 16 heavy (non-hydrogen) atoms. The van der Waals surface area contributed by atoms with Crippen molar-refractivity contribution in [2.75, 3.05) is 18.9 Å². The first-order chi connectivity index (χ1) is 7.60. The second kappa shape index (κ2) is 5.20. The van der Waals surface area contributed by atoms with E-state index in [0.717, 1.165) is 0 Å². The normalized spacial score (nSPS) is 9.88. The van der Waals surface area contributed by atoms with E-state index in [4.69, 9.17) is 15.2 Å². The number of hydrogen-bond acceptors (Lipinski definition) is 5. The number of nitro groups is 1. The Morgan fingerprint density at radius 2 is 1.75 bits per heavy atom. The van der Waals surface area contributed by atoms with Crippen LogP contribution in [-0.4, -0.2) is 18.1 Å². The molecule has 2 N–H and O–H groups in total. The van der Waals surface area contributed by atoms with E-state index in [0.29, 0.717) is 24.7 Å². The van der Waals surface area contributed by atoms with Gasteiger partial charge in [-0.25, -0.2) is 0 Å². The second-order valence-electron chi connectivity index (χ2n) is 2.98. The maximum absolute atomic E-state index is 10.7. The van der Waals surface area contributed by atoms with Crippen LogP contribution >= 0.6 is 0 Å². The van der Waals surface area contributed by atoms with Crippen LogP contribution in [0.25, 0.3) is 0 Å². The smallest absolute Gasteiger partial charge is 0.296 e. The van der Waals surface area contributed by atoms with Crippen LogP contribution in [0, 0.1) is 10.1 Å². The summed E-state index contributed by atoms with van der Waals surface area (Å²) in [6, 6.07) is 2.69. The first-order valence-electron chi connectivity index (χ1n) is 4.93. The lowest BCUT2D eigenvalue weighted by molar-refractivity contribution is -0.384. The van der Waals surface area contributed by atoms with Crippen molar-refractivity contribution >= 4 is 11.4 Å². The molecule has 0 aromatic heterocycles. The van der Waals surface area contributed by atoms with Gasteiger partial charge in [0.25, 0.3) is 5.69 Å². The number of nitro benzene ring substituents is 1. The Bertz CT molecular complexity index is 393. The lowest BCUT2D eigenvalue weighted by Crippen LogP contribution is -2.02. The Kier molecular flexibility index (Phi) is 3.93. The average Bonchev–Trinajstić information content (AvgIpc) is 2.22. The summed E-state index contributed by atoms with van der Waals surface area (Å²) in [6.45, 7) is 4.45. The zero-order chi connectivity index (χ0) is 12.1. The molecule has 0 spiro atoms. The molecule has 0 atom stereocenters. The molecule has 0 aliphatic rings. The molecule has 0 unspecified atom stereocenters.